The lowest BCUT2D eigenvalue weighted by Crippen LogP contribution is -2.53. The molecule has 0 radical (unpaired) electrons. The van der Waals surface area contributed by atoms with Gasteiger partial charge in [0.25, 0.3) is 0 Å². The topological polar surface area (TPSA) is 55.8 Å². The molecule has 1 aliphatic rings. The van der Waals surface area contributed by atoms with E-state index in [1.165, 1.54) is 0 Å². The van der Waals surface area contributed by atoms with Gasteiger partial charge in [-0.25, -0.2) is 4.79 Å². The van der Waals surface area contributed by atoms with Crippen molar-refractivity contribution in [3.8, 4) is 0 Å². The molecule has 1 saturated heterocycles. The number of hydrogen-bond acceptors (Lipinski definition) is 3. The van der Waals surface area contributed by atoms with Gasteiger partial charge in [-0.15, -0.1) is 0 Å². The molecule has 0 bridgehead atoms. The number of aliphatic carboxylic acids is 1. The van der Waals surface area contributed by atoms with Gasteiger partial charge in [-0.2, -0.15) is 13.2 Å². The van der Waals surface area contributed by atoms with Crippen LogP contribution in [0.2, 0.25) is 0 Å². The molecule has 1 N–H and O–H groups in total. The van der Waals surface area contributed by atoms with Gasteiger partial charge >= 0.3 is 17.9 Å². The van der Waals surface area contributed by atoms with E-state index in [4.69, 9.17) is 5.11 Å². The summed E-state index contributed by atoms with van der Waals surface area (Å²) in [4.78, 5) is 10.2. The van der Waals surface area contributed by atoms with Gasteiger partial charge in [0.15, 0.2) is 0 Å². The Balaban J connectivity index is 2.94. The lowest BCUT2D eigenvalue weighted by atomic mass is 10.3. The molecule has 4 nitrogen and oxygen atoms in total. The first kappa shape index (κ1) is 9.27. The summed E-state index contributed by atoms with van der Waals surface area (Å²) in [5.41, 5.74) is 0. The van der Waals surface area contributed by atoms with Crippen molar-refractivity contribution < 1.29 is 32.5 Å². The second-order valence-electron chi connectivity index (χ2n) is 2.12. The minimum atomic E-state index is -5.05. The van der Waals surface area contributed by atoms with Crippen LogP contribution in [0.5, 0.6) is 0 Å². The van der Waals surface area contributed by atoms with Crippen molar-refractivity contribution in [1.82, 2.24) is 0 Å². The molecule has 0 unspecified atom stereocenters. The molecule has 12 heavy (non-hydrogen) atoms. The van der Waals surface area contributed by atoms with E-state index in [2.05, 4.69) is 9.47 Å². The molecule has 70 valence electrons. The number of carboxylic acid groups (broad SMARTS) is 1. The van der Waals surface area contributed by atoms with Gasteiger partial charge in [0.2, 0.25) is 0 Å². The Kier molecular flexibility index (Phi) is 2.01. The molecule has 0 aromatic heterocycles. The fourth-order valence-corrected chi connectivity index (χ4v) is 0.821. The third-order valence-corrected chi connectivity index (χ3v) is 1.35. The molecular formula is C5H5F3O4. The zero-order valence-electron chi connectivity index (χ0n) is 5.72. The molecule has 7 heteroatoms. The van der Waals surface area contributed by atoms with E-state index in [1.807, 2.05) is 0 Å². The smallest absolute Gasteiger partial charge is 0.455 e. The minimum Gasteiger partial charge on any atom is -0.477 e. The van der Waals surface area contributed by atoms with Gasteiger partial charge in [0.05, 0.1) is 13.2 Å². The Labute approximate surface area is 64.9 Å². The normalized spacial score (nSPS) is 22.6. The van der Waals surface area contributed by atoms with E-state index in [0.717, 1.165) is 0 Å². The monoisotopic (exact) mass is 186 g/mol. The molecule has 0 saturated carbocycles. The molecule has 0 aromatic rings. The van der Waals surface area contributed by atoms with E-state index < -0.39 is 17.9 Å². The summed E-state index contributed by atoms with van der Waals surface area (Å²) >= 11 is 0. The highest BCUT2D eigenvalue weighted by molar-refractivity contribution is 5.77. The average Bonchev–Trinajstić information content (AvgIpc) is 2.31. The quantitative estimate of drug-likeness (QED) is 0.643. The Morgan fingerprint density at radius 3 is 1.92 bits per heavy atom. The third kappa shape index (κ3) is 1.14. The van der Waals surface area contributed by atoms with Crippen LogP contribution in [-0.2, 0) is 14.3 Å². The molecule has 0 atom stereocenters. The standard InChI is InChI=1S/C5H5F3O4/c6-5(7,8)4(3(9)10)11-1-2-12-4/h1-2H2,(H,9,10). The summed E-state index contributed by atoms with van der Waals surface area (Å²) in [5.74, 6) is -5.63. The van der Waals surface area contributed by atoms with E-state index in [-0.39, 0.29) is 13.2 Å². The summed E-state index contributed by atoms with van der Waals surface area (Å²) in [6, 6.07) is 0. The maximum atomic E-state index is 12.0. The van der Waals surface area contributed by atoms with Crippen molar-refractivity contribution in [2.75, 3.05) is 13.2 Å². The molecule has 0 amide bonds. The number of hydrogen-bond donors (Lipinski definition) is 1. The van der Waals surface area contributed by atoms with Gasteiger partial charge in [0, 0.05) is 0 Å². The number of halogens is 3. The van der Waals surface area contributed by atoms with Crippen molar-refractivity contribution in [1.29, 1.82) is 0 Å². The molecule has 1 aliphatic heterocycles. The largest absolute Gasteiger partial charge is 0.477 e. The van der Waals surface area contributed by atoms with Crippen LogP contribution in [0.3, 0.4) is 0 Å². The first-order valence-electron chi connectivity index (χ1n) is 2.98. The van der Waals surface area contributed by atoms with Gasteiger partial charge in [-0.3, -0.25) is 0 Å². The summed E-state index contributed by atoms with van der Waals surface area (Å²) < 4.78 is 44.1. The fourth-order valence-electron chi connectivity index (χ4n) is 0.821. The fraction of sp³-hybridized carbons (Fsp3) is 0.800. The molecule has 1 fully saturated rings. The molecule has 1 rings (SSSR count). The van der Waals surface area contributed by atoms with Crippen LogP contribution in [0.4, 0.5) is 13.2 Å². The maximum Gasteiger partial charge on any atom is 0.455 e. The maximum absolute atomic E-state index is 12.0. The van der Waals surface area contributed by atoms with Crippen LogP contribution < -0.4 is 0 Å². The van der Waals surface area contributed by atoms with Gasteiger partial charge in [-0.05, 0) is 0 Å². The highest BCUT2D eigenvalue weighted by Crippen LogP contribution is 2.37. The first-order chi connectivity index (χ1) is 5.40. The Hall–Kier alpha value is -0.820. The first-order valence-corrected chi connectivity index (χ1v) is 2.98. The zero-order valence-corrected chi connectivity index (χ0v) is 5.72. The van der Waals surface area contributed by atoms with Gasteiger partial charge < -0.3 is 14.6 Å². The number of carbonyl (C=O) groups is 1. The molecule has 0 aliphatic carbocycles. The van der Waals surface area contributed by atoms with Crippen LogP contribution in [0.15, 0.2) is 0 Å². The van der Waals surface area contributed by atoms with Gasteiger partial charge in [-0.1, -0.05) is 0 Å². The number of alkyl halides is 3. The summed E-state index contributed by atoms with van der Waals surface area (Å²) in [7, 11) is 0. The molecule has 0 aromatic carbocycles. The van der Waals surface area contributed by atoms with Crippen LogP contribution in [0, 0.1) is 0 Å². The Morgan fingerprint density at radius 2 is 1.75 bits per heavy atom. The van der Waals surface area contributed by atoms with E-state index >= 15 is 0 Å². The number of ether oxygens (including phenoxy) is 2. The minimum absolute atomic E-state index is 0.369. The van der Waals surface area contributed by atoms with E-state index in [0.29, 0.717) is 0 Å². The van der Waals surface area contributed by atoms with Crippen molar-refractivity contribution in [3.63, 3.8) is 0 Å². The number of rotatable bonds is 1. The predicted molar refractivity (Wildman–Crippen MR) is 28.3 cm³/mol. The van der Waals surface area contributed by atoms with Crippen molar-refractivity contribution in [2.24, 2.45) is 0 Å². The average molecular weight is 186 g/mol. The van der Waals surface area contributed by atoms with Crippen molar-refractivity contribution in [2.45, 2.75) is 12.0 Å². The predicted octanol–water partition coefficient (Wildman–Crippen LogP) is 0.376. The Bertz CT molecular complexity index is 193. The van der Waals surface area contributed by atoms with Gasteiger partial charge in [0.1, 0.15) is 0 Å². The highest BCUT2D eigenvalue weighted by atomic mass is 19.4. The number of carboxylic acids is 1. The van der Waals surface area contributed by atoms with Crippen molar-refractivity contribution in [3.05, 3.63) is 0 Å². The molecule has 1 heterocycles. The Morgan fingerprint density at radius 1 is 1.33 bits per heavy atom. The van der Waals surface area contributed by atoms with Crippen LogP contribution in [0.25, 0.3) is 0 Å². The van der Waals surface area contributed by atoms with Crippen molar-refractivity contribution >= 4 is 5.97 Å². The van der Waals surface area contributed by atoms with E-state index in [9.17, 15) is 18.0 Å². The second-order valence-corrected chi connectivity index (χ2v) is 2.12. The summed E-state index contributed by atoms with van der Waals surface area (Å²) in [5, 5.41) is 8.23. The second kappa shape index (κ2) is 2.60. The van der Waals surface area contributed by atoms with Crippen LogP contribution in [-0.4, -0.2) is 36.3 Å². The summed E-state index contributed by atoms with van der Waals surface area (Å²) in [6.45, 7) is -0.738. The SMILES string of the molecule is O=C(O)C1(C(F)(F)F)OCCO1. The van der Waals surface area contributed by atoms with E-state index in [1.54, 1.807) is 0 Å². The third-order valence-electron chi connectivity index (χ3n) is 1.35. The lowest BCUT2D eigenvalue weighted by molar-refractivity contribution is -0.331. The summed E-state index contributed by atoms with van der Waals surface area (Å²) in [6.07, 6.45) is -5.05. The molecular weight excluding hydrogens is 181 g/mol. The molecule has 0 spiro atoms. The lowest BCUT2D eigenvalue weighted by Gasteiger charge is -2.24. The zero-order chi connectivity index (χ0) is 9.41. The van der Waals surface area contributed by atoms with Crippen LogP contribution >= 0.6 is 0 Å². The highest BCUT2D eigenvalue weighted by Gasteiger charge is 2.66. The van der Waals surface area contributed by atoms with Crippen LogP contribution in [0.1, 0.15) is 0 Å².